The molecule has 0 saturated carbocycles. The molecule has 0 saturated heterocycles. The van der Waals surface area contributed by atoms with E-state index in [4.69, 9.17) is 23.2 Å². The van der Waals surface area contributed by atoms with Crippen molar-refractivity contribution < 1.29 is 13.6 Å². The van der Waals surface area contributed by atoms with Gasteiger partial charge in [-0.2, -0.15) is 0 Å². The molecule has 0 fully saturated rings. The molecule has 8 heteroatoms. The molecule has 4 nitrogen and oxygen atoms in total. The summed E-state index contributed by atoms with van der Waals surface area (Å²) in [5.41, 5.74) is 0.676. The van der Waals surface area contributed by atoms with E-state index in [1.165, 1.54) is 24.5 Å². The van der Waals surface area contributed by atoms with Gasteiger partial charge >= 0.3 is 0 Å². The molecule has 2 aromatic carbocycles. The molecule has 1 aromatic heterocycles. The lowest BCUT2D eigenvalue weighted by Gasteiger charge is -2.10. The first-order chi connectivity index (χ1) is 12.4. The predicted molar refractivity (Wildman–Crippen MR) is 98.3 cm³/mol. The van der Waals surface area contributed by atoms with Gasteiger partial charge in [-0.1, -0.05) is 29.3 Å². The van der Waals surface area contributed by atoms with Crippen LogP contribution in [0.1, 0.15) is 10.4 Å². The average molecular weight is 394 g/mol. The molecule has 0 aliphatic heterocycles. The molecule has 3 rings (SSSR count). The summed E-state index contributed by atoms with van der Waals surface area (Å²) in [5.74, 6) is -2.43. The number of hydrogen-bond donors (Lipinski definition) is 2. The largest absolute Gasteiger partial charge is 0.354 e. The summed E-state index contributed by atoms with van der Waals surface area (Å²) in [4.78, 5) is 16.2. The van der Waals surface area contributed by atoms with Gasteiger partial charge < -0.3 is 10.6 Å². The lowest BCUT2D eigenvalue weighted by atomic mass is 10.2. The Morgan fingerprint density at radius 3 is 2.23 bits per heavy atom. The quantitative estimate of drug-likeness (QED) is 0.600. The van der Waals surface area contributed by atoms with Crippen molar-refractivity contribution in [1.29, 1.82) is 0 Å². The maximum atomic E-state index is 13.7. The maximum absolute atomic E-state index is 13.7. The van der Waals surface area contributed by atoms with Gasteiger partial charge in [-0.15, -0.1) is 0 Å². The van der Waals surface area contributed by atoms with Crippen LogP contribution in [0.3, 0.4) is 0 Å². The van der Waals surface area contributed by atoms with Crippen molar-refractivity contribution in [1.82, 2.24) is 4.98 Å². The van der Waals surface area contributed by atoms with Crippen LogP contribution in [0, 0.1) is 11.6 Å². The summed E-state index contributed by atoms with van der Waals surface area (Å²) in [5, 5.41) is 6.10. The molecular formula is C18H11Cl2F2N3O. The van der Waals surface area contributed by atoms with Crippen LogP contribution in [-0.2, 0) is 0 Å². The molecule has 0 unspecified atom stereocenters. The Kier molecular flexibility index (Phi) is 5.35. The summed E-state index contributed by atoms with van der Waals surface area (Å²) in [7, 11) is 0. The fourth-order valence-electron chi connectivity index (χ4n) is 2.23. The maximum Gasteiger partial charge on any atom is 0.257 e. The van der Waals surface area contributed by atoms with Crippen LogP contribution in [0.25, 0.3) is 0 Å². The van der Waals surface area contributed by atoms with Crippen LogP contribution >= 0.6 is 23.2 Å². The van der Waals surface area contributed by atoms with Crippen LogP contribution in [0.5, 0.6) is 0 Å². The SMILES string of the molecule is O=C(Nc1c(F)cccc1F)c1cncc(Nc2cc(Cl)cc(Cl)c2)c1. The Morgan fingerprint density at radius 1 is 0.923 bits per heavy atom. The summed E-state index contributed by atoms with van der Waals surface area (Å²) in [6, 6.07) is 9.68. The second-order valence-electron chi connectivity index (χ2n) is 5.30. The molecule has 0 aliphatic carbocycles. The van der Waals surface area contributed by atoms with Gasteiger partial charge in [0.1, 0.15) is 17.3 Å². The monoisotopic (exact) mass is 393 g/mol. The Balaban J connectivity index is 1.81. The molecule has 26 heavy (non-hydrogen) atoms. The van der Waals surface area contributed by atoms with E-state index < -0.39 is 23.2 Å². The lowest BCUT2D eigenvalue weighted by molar-refractivity contribution is 0.102. The Morgan fingerprint density at radius 2 is 1.58 bits per heavy atom. The van der Waals surface area contributed by atoms with Crippen molar-refractivity contribution in [3.05, 3.63) is 82.1 Å². The number of nitrogens with one attached hydrogen (secondary N) is 2. The molecule has 2 N–H and O–H groups in total. The molecule has 1 amide bonds. The van der Waals surface area contributed by atoms with Gasteiger partial charge in [0.05, 0.1) is 17.4 Å². The molecule has 0 atom stereocenters. The highest BCUT2D eigenvalue weighted by molar-refractivity contribution is 6.35. The van der Waals surface area contributed by atoms with Gasteiger partial charge in [0.25, 0.3) is 5.91 Å². The number of halogens is 4. The van der Waals surface area contributed by atoms with Crippen LogP contribution in [0.4, 0.5) is 25.8 Å². The normalized spacial score (nSPS) is 10.5. The summed E-state index contributed by atoms with van der Waals surface area (Å²) in [6.45, 7) is 0. The first kappa shape index (κ1) is 18.1. The summed E-state index contributed by atoms with van der Waals surface area (Å²) >= 11 is 11.9. The standard InChI is InChI=1S/C18H11Cl2F2N3O/c19-11-5-12(20)7-13(6-11)24-14-4-10(8-23-9-14)18(26)25-17-15(21)2-1-3-16(17)22/h1-9,24H,(H,25,26). The van der Waals surface area contributed by atoms with E-state index in [1.54, 1.807) is 18.2 Å². The fourth-order valence-corrected chi connectivity index (χ4v) is 2.75. The van der Waals surface area contributed by atoms with E-state index >= 15 is 0 Å². The number of nitrogens with zero attached hydrogens (tertiary/aromatic N) is 1. The lowest BCUT2D eigenvalue weighted by Crippen LogP contribution is -2.14. The first-order valence-electron chi connectivity index (χ1n) is 7.36. The zero-order valence-electron chi connectivity index (χ0n) is 13.1. The molecule has 0 aliphatic rings. The van der Waals surface area contributed by atoms with Crippen molar-refractivity contribution in [3.63, 3.8) is 0 Å². The number of anilines is 3. The van der Waals surface area contributed by atoms with E-state index in [2.05, 4.69) is 15.6 Å². The number of benzene rings is 2. The number of para-hydroxylation sites is 1. The average Bonchev–Trinajstić information content (AvgIpc) is 2.57. The Bertz CT molecular complexity index is 942. The van der Waals surface area contributed by atoms with Crippen LogP contribution in [0.15, 0.2) is 54.9 Å². The van der Waals surface area contributed by atoms with Crippen LogP contribution in [0.2, 0.25) is 10.0 Å². The van der Waals surface area contributed by atoms with E-state index in [1.807, 2.05) is 0 Å². The zero-order chi connectivity index (χ0) is 18.7. The number of amides is 1. The van der Waals surface area contributed by atoms with Crippen LogP contribution in [-0.4, -0.2) is 10.9 Å². The number of aromatic nitrogens is 1. The van der Waals surface area contributed by atoms with Crippen molar-refractivity contribution in [3.8, 4) is 0 Å². The van der Waals surface area contributed by atoms with Crippen LogP contribution < -0.4 is 10.6 Å². The molecule has 0 bridgehead atoms. The Labute approximate surface area is 157 Å². The van der Waals surface area contributed by atoms with E-state index in [9.17, 15) is 13.6 Å². The van der Waals surface area contributed by atoms with E-state index in [-0.39, 0.29) is 5.56 Å². The van der Waals surface area contributed by atoms with Gasteiger partial charge in [-0.05, 0) is 36.4 Å². The third-order valence-corrected chi connectivity index (χ3v) is 3.79. The van der Waals surface area contributed by atoms with Crippen molar-refractivity contribution in [2.75, 3.05) is 10.6 Å². The minimum Gasteiger partial charge on any atom is -0.354 e. The molecule has 0 spiro atoms. The summed E-state index contributed by atoms with van der Waals surface area (Å²) < 4.78 is 27.3. The highest BCUT2D eigenvalue weighted by Crippen LogP contribution is 2.25. The smallest absolute Gasteiger partial charge is 0.257 e. The third-order valence-electron chi connectivity index (χ3n) is 3.35. The molecule has 132 valence electrons. The number of rotatable bonds is 4. The fraction of sp³-hybridized carbons (Fsp3) is 0. The highest BCUT2D eigenvalue weighted by Gasteiger charge is 2.14. The van der Waals surface area contributed by atoms with Gasteiger partial charge in [0.2, 0.25) is 0 Å². The molecule has 1 heterocycles. The zero-order valence-corrected chi connectivity index (χ0v) is 14.6. The molecular weight excluding hydrogens is 383 g/mol. The van der Waals surface area contributed by atoms with E-state index in [0.717, 1.165) is 12.1 Å². The molecule has 3 aromatic rings. The van der Waals surface area contributed by atoms with Gasteiger partial charge in [-0.3, -0.25) is 9.78 Å². The van der Waals surface area contributed by atoms with Gasteiger partial charge in [0.15, 0.2) is 0 Å². The van der Waals surface area contributed by atoms with Crippen molar-refractivity contribution in [2.24, 2.45) is 0 Å². The second-order valence-corrected chi connectivity index (χ2v) is 6.17. The van der Waals surface area contributed by atoms with E-state index in [0.29, 0.717) is 21.4 Å². The topological polar surface area (TPSA) is 54.0 Å². The van der Waals surface area contributed by atoms with Gasteiger partial charge in [0, 0.05) is 21.9 Å². The Hall–Kier alpha value is -2.70. The number of hydrogen-bond acceptors (Lipinski definition) is 3. The highest BCUT2D eigenvalue weighted by atomic mass is 35.5. The summed E-state index contributed by atoms with van der Waals surface area (Å²) in [6.07, 6.45) is 2.76. The van der Waals surface area contributed by atoms with Crippen molar-refractivity contribution >= 4 is 46.2 Å². The number of carbonyl (C=O) groups is 1. The molecule has 0 radical (unpaired) electrons. The number of carbonyl (C=O) groups excluding carboxylic acids is 1. The third kappa shape index (κ3) is 4.28. The minimum atomic E-state index is -0.867. The minimum absolute atomic E-state index is 0.116. The number of pyridine rings is 1. The first-order valence-corrected chi connectivity index (χ1v) is 8.11. The van der Waals surface area contributed by atoms with Gasteiger partial charge in [-0.25, -0.2) is 8.78 Å². The van der Waals surface area contributed by atoms with Crippen molar-refractivity contribution in [2.45, 2.75) is 0 Å². The second kappa shape index (κ2) is 7.68. The predicted octanol–water partition coefficient (Wildman–Crippen LogP) is 5.66.